The van der Waals surface area contributed by atoms with E-state index in [1.807, 2.05) is 5.32 Å². The van der Waals surface area contributed by atoms with Crippen LogP contribution in [0.3, 0.4) is 0 Å². The number of aryl methyl sites for hydroxylation is 1. The van der Waals surface area contributed by atoms with E-state index in [1.165, 1.54) is 10.7 Å². The maximum absolute atomic E-state index is 13.9. The van der Waals surface area contributed by atoms with Crippen molar-refractivity contribution in [3.63, 3.8) is 0 Å². The van der Waals surface area contributed by atoms with Crippen LogP contribution in [0.2, 0.25) is 0 Å². The van der Waals surface area contributed by atoms with Crippen molar-refractivity contribution in [2.75, 3.05) is 13.2 Å². The van der Waals surface area contributed by atoms with Gasteiger partial charge in [0.15, 0.2) is 11.4 Å². The number of nitrogens with zero attached hydrogens (tertiary/aromatic N) is 5. The molecule has 3 aromatic rings. The average molecular weight is 573 g/mol. The summed E-state index contributed by atoms with van der Waals surface area (Å²) >= 11 is 0. The summed E-state index contributed by atoms with van der Waals surface area (Å²) in [6.07, 6.45) is -0.945. The summed E-state index contributed by atoms with van der Waals surface area (Å²) in [5, 5.41) is 9.85. The van der Waals surface area contributed by atoms with Gasteiger partial charge in [-0.3, -0.25) is 9.18 Å². The van der Waals surface area contributed by atoms with E-state index >= 15 is 0 Å². The number of urea groups is 1. The van der Waals surface area contributed by atoms with Crippen LogP contribution in [0.1, 0.15) is 65.3 Å². The number of ketones is 1. The molecule has 0 radical (unpaired) electrons. The zero-order chi connectivity index (χ0) is 28.7. The van der Waals surface area contributed by atoms with Crippen molar-refractivity contribution in [1.82, 2.24) is 30.0 Å². The highest BCUT2D eigenvalue weighted by atomic mass is 19.4. The van der Waals surface area contributed by atoms with Crippen molar-refractivity contribution < 1.29 is 40.5 Å². The number of imidazole rings is 1. The second-order valence-electron chi connectivity index (χ2n) is 10.3. The molecule has 1 aliphatic carbocycles. The Hall–Kier alpha value is -3.65. The molecule has 15 heteroatoms. The van der Waals surface area contributed by atoms with Gasteiger partial charge in [-0.15, -0.1) is 0 Å². The van der Waals surface area contributed by atoms with Gasteiger partial charge in [0, 0.05) is 38.1 Å². The quantitative estimate of drug-likeness (QED) is 0.290. The molecule has 2 amide bonds. The molecule has 0 bridgehead atoms. The van der Waals surface area contributed by atoms with Gasteiger partial charge in [-0.05, 0) is 30.4 Å². The van der Waals surface area contributed by atoms with E-state index in [9.17, 15) is 35.9 Å². The Labute approximate surface area is 223 Å². The van der Waals surface area contributed by atoms with Crippen LogP contribution in [-0.4, -0.2) is 67.8 Å². The van der Waals surface area contributed by atoms with Crippen molar-refractivity contribution in [3.05, 3.63) is 47.2 Å². The van der Waals surface area contributed by atoms with Gasteiger partial charge in [0.25, 0.3) is 0 Å². The largest absolute Gasteiger partial charge is 0.410 e. The van der Waals surface area contributed by atoms with Crippen LogP contribution in [0.15, 0.2) is 29.2 Å². The number of amides is 2. The Morgan fingerprint density at radius 1 is 1.25 bits per heavy atom. The molecule has 2 aliphatic rings. The van der Waals surface area contributed by atoms with Crippen molar-refractivity contribution in [3.8, 4) is 0 Å². The van der Waals surface area contributed by atoms with E-state index in [0.29, 0.717) is 16.9 Å². The van der Waals surface area contributed by atoms with Gasteiger partial charge < -0.3 is 14.7 Å². The zero-order valence-corrected chi connectivity index (χ0v) is 21.1. The smallest absolute Gasteiger partial charge is 0.364 e. The molecule has 5 rings (SSSR count). The van der Waals surface area contributed by atoms with E-state index in [0.717, 1.165) is 11.2 Å². The van der Waals surface area contributed by atoms with Crippen molar-refractivity contribution >= 4 is 17.5 Å². The van der Waals surface area contributed by atoms with Gasteiger partial charge >= 0.3 is 12.2 Å². The molecule has 2 fully saturated rings. The Morgan fingerprint density at radius 3 is 2.67 bits per heavy atom. The molecule has 1 N–H and O–H groups in total. The van der Waals surface area contributed by atoms with E-state index < -0.39 is 43.3 Å². The standard InChI is InChI=1S/C25H26F6N6O3/c26-6-3-18-17(13-40-35-18)20(38)8-16(15-1-4-24(27,28)5-2-15)19-11-37-22(33-19)7-14(9-32-37)10-36-12-21(25(29,30)31)34-23(36)39/h7,9,11,13,15-16,21H,1-6,8,10,12H2,(H,34,39)/t16-,21-/m0/s1. The van der Waals surface area contributed by atoms with Gasteiger partial charge in [-0.1, -0.05) is 5.16 Å². The van der Waals surface area contributed by atoms with Crippen LogP contribution in [-0.2, 0) is 13.0 Å². The lowest BCUT2D eigenvalue weighted by molar-refractivity contribution is -0.149. The lowest BCUT2D eigenvalue weighted by Crippen LogP contribution is -2.40. The molecule has 0 spiro atoms. The monoisotopic (exact) mass is 572 g/mol. The minimum Gasteiger partial charge on any atom is -0.364 e. The first kappa shape index (κ1) is 27.9. The van der Waals surface area contributed by atoms with Gasteiger partial charge in [0.05, 0.1) is 42.6 Å². The predicted molar refractivity (Wildman–Crippen MR) is 127 cm³/mol. The van der Waals surface area contributed by atoms with E-state index in [2.05, 4.69) is 15.2 Å². The molecule has 2 atom stereocenters. The van der Waals surface area contributed by atoms with Crippen LogP contribution in [0.4, 0.5) is 31.1 Å². The topological polar surface area (TPSA) is 106 Å². The van der Waals surface area contributed by atoms with E-state index in [-0.39, 0.29) is 68.0 Å². The fraction of sp³-hybridized carbons (Fsp3) is 0.560. The van der Waals surface area contributed by atoms with E-state index in [4.69, 9.17) is 4.52 Å². The normalized spacial score (nSPS) is 20.7. The average Bonchev–Trinajstić information content (AvgIpc) is 3.61. The van der Waals surface area contributed by atoms with Crippen molar-refractivity contribution in [2.45, 2.75) is 69.1 Å². The number of rotatable bonds is 9. The zero-order valence-electron chi connectivity index (χ0n) is 21.1. The minimum absolute atomic E-state index is 0.0970. The molecule has 1 saturated heterocycles. The second-order valence-corrected chi connectivity index (χ2v) is 10.3. The first-order valence-corrected chi connectivity index (χ1v) is 12.8. The summed E-state index contributed by atoms with van der Waals surface area (Å²) in [6, 6.07) is -1.25. The highest BCUT2D eigenvalue weighted by Crippen LogP contribution is 2.44. The maximum atomic E-state index is 13.9. The van der Waals surface area contributed by atoms with Crippen LogP contribution >= 0.6 is 0 Å². The van der Waals surface area contributed by atoms with Crippen molar-refractivity contribution in [1.29, 1.82) is 0 Å². The van der Waals surface area contributed by atoms with Crippen molar-refractivity contribution in [2.24, 2.45) is 5.92 Å². The lowest BCUT2D eigenvalue weighted by Gasteiger charge is -2.32. The third-order valence-corrected chi connectivity index (χ3v) is 7.54. The first-order valence-electron chi connectivity index (χ1n) is 12.8. The number of alkyl halides is 6. The first-order chi connectivity index (χ1) is 18.9. The number of hydrogen-bond acceptors (Lipinski definition) is 6. The Morgan fingerprint density at radius 2 is 2.00 bits per heavy atom. The van der Waals surface area contributed by atoms with Crippen LogP contribution in [0.5, 0.6) is 0 Å². The summed E-state index contributed by atoms with van der Waals surface area (Å²) in [5.41, 5.74) is 1.51. The molecule has 1 saturated carbocycles. The summed E-state index contributed by atoms with van der Waals surface area (Å²) in [5.74, 6) is -4.00. The molecule has 0 aromatic carbocycles. The molecular formula is C25H26F6N6O3. The summed E-state index contributed by atoms with van der Waals surface area (Å²) in [7, 11) is 0. The van der Waals surface area contributed by atoms with Crippen LogP contribution in [0, 0.1) is 5.92 Å². The maximum Gasteiger partial charge on any atom is 0.410 e. The third kappa shape index (κ3) is 5.92. The molecule has 9 nitrogen and oxygen atoms in total. The fourth-order valence-corrected chi connectivity index (χ4v) is 5.37. The highest BCUT2D eigenvalue weighted by Gasteiger charge is 2.47. The van der Waals surface area contributed by atoms with Gasteiger partial charge in [-0.2, -0.15) is 18.3 Å². The molecule has 0 unspecified atom stereocenters. The Balaban J connectivity index is 1.39. The number of hydrogen-bond donors (Lipinski definition) is 1. The SMILES string of the molecule is O=C(C[C@H](c1cn2ncc(CN3C[C@@H](C(F)(F)F)NC3=O)cc2n1)C1CCC(F)(F)CC1)c1conc1CCF. The number of carbonyl (C=O) groups is 2. The summed E-state index contributed by atoms with van der Waals surface area (Å²) in [4.78, 5) is 30.8. The van der Waals surface area contributed by atoms with Gasteiger partial charge in [0.1, 0.15) is 12.3 Å². The highest BCUT2D eigenvalue weighted by molar-refractivity contribution is 5.97. The molecule has 1 aliphatic heterocycles. The molecule has 3 aromatic heterocycles. The number of halogens is 6. The fourth-order valence-electron chi connectivity index (χ4n) is 5.37. The Kier molecular flexibility index (Phi) is 7.48. The molecule has 40 heavy (non-hydrogen) atoms. The molecular weight excluding hydrogens is 546 g/mol. The summed E-state index contributed by atoms with van der Waals surface area (Å²) < 4.78 is 86.1. The molecule has 4 heterocycles. The second kappa shape index (κ2) is 10.7. The Bertz CT molecular complexity index is 1380. The molecule has 216 valence electrons. The van der Waals surface area contributed by atoms with Gasteiger partial charge in [0.2, 0.25) is 5.92 Å². The minimum atomic E-state index is -4.57. The van der Waals surface area contributed by atoms with Crippen LogP contribution < -0.4 is 5.32 Å². The van der Waals surface area contributed by atoms with Gasteiger partial charge in [-0.25, -0.2) is 23.1 Å². The predicted octanol–water partition coefficient (Wildman–Crippen LogP) is 4.87. The third-order valence-electron chi connectivity index (χ3n) is 7.54. The lowest BCUT2D eigenvalue weighted by atomic mass is 9.75. The number of carbonyl (C=O) groups excluding carboxylic acids is 2. The number of nitrogens with one attached hydrogen (secondary N) is 1. The van der Waals surface area contributed by atoms with Crippen LogP contribution in [0.25, 0.3) is 5.65 Å². The van der Waals surface area contributed by atoms with E-state index in [1.54, 1.807) is 12.3 Å². The summed E-state index contributed by atoms with van der Waals surface area (Å²) in [6.45, 7) is -1.41. The number of Topliss-reactive ketones (excluding diaryl/α,β-unsaturated/α-hetero) is 1. The number of fused-ring (bicyclic) bond motifs is 1. The number of aromatic nitrogens is 4.